The number of aliphatic carboxylic acids is 1. The first-order valence-electron chi connectivity index (χ1n) is 7.62. The summed E-state index contributed by atoms with van der Waals surface area (Å²) in [5, 5.41) is 14.3. The van der Waals surface area contributed by atoms with E-state index in [1.165, 1.54) is 30.6 Å². The molecule has 1 saturated carbocycles. The zero-order valence-corrected chi connectivity index (χ0v) is 12.1. The Morgan fingerprint density at radius 2 is 2.05 bits per heavy atom. The zero-order valence-electron chi connectivity index (χ0n) is 12.1. The van der Waals surface area contributed by atoms with E-state index >= 15 is 0 Å². The third kappa shape index (κ3) is 4.34. The second kappa shape index (κ2) is 7.28. The normalized spacial score (nSPS) is 23.0. The summed E-state index contributed by atoms with van der Waals surface area (Å²) in [4.78, 5) is 36.0. The topological polar surface area (TPSA) is 98.7 Å². The minimum atomic E-state index is -1.08. The average molecular weight is 297 g/mol. The van der Waals surface area contributed by atoms with Crippen LogP contribution < -0.4 is 10.6 Å². The van der Waals surface area contributed by atoms with E-state index in [9.17, 15) is 14.4 Å². The molecule has 0 spiro atoms. The van der Waals surface area contributed by atoms with Crippen molar-refractivity contribution in [1.29, 1.82) is 0 Å². The van der Waals surface area contributed by atoms with Crippen LogP contribution >= 0.6 is 0 Å². The molecule has 0 aromatic carbocycles. The van der Waals surface area contributed by atoms with Gasteiger partial charge in [-0.1, -0.05) is 25.7 Å². The Labute approximate surface area is 124 Å². The minimum Gasteiger partial charge on any atom is -0.481 e. The van der Waals surface area contributed by atoms with Crippen LogP contribution in [0.5, 0.6) is 0 Å². The number of carboxylic acid groups (broad SMARTS) is 1. The van der Waals surface area contributed by atoms with Gasteiger partial charge in [0.25, 0.3) is 0 Å². The van der Waals surface area contributed by atoms with E-state index in [1.54, 1.807) is 0 Å². The van der Waals surface area contributed by atoms with Crippen LogP contribution in [0, 0.1) is 5.92 Å². The van der Waals surface area contributed by atoms with Crippen molar-refractivity contribution in [2.75, 3.05) is 19.6 Å². The second-order valence-corrected chi connectivity index (χ2v) is 5.77. The molecule has 2 rings (SSSR count). The molecule has 1 unspecified atom stereocenters. The predicted molar refractivity (Wildman–Crippen MR) is 75.7 cm³/mol. The Morgan fingerprint density at radius 1 is 1.33 bits per heavy atom. The number of hydrogen-bond acceptors (Lipinski definition) is 3. The maximum atomic E-state index is 12.2. The number of rotatable bonds is 5. The number of carbonyl (C=O) groups excluding carboxylic acids is 2. The monoisotopic (exact) mass is 297 g/mol. The van der Waals surface area contributed by atoms with E-state index < -0.39 is 17.9 Å². The van der Waals surface area contributed by atoms with Gasteiger partial charge in [0.15, 0.2) is 0 Å². The molecule has 0 aromatic heterocycles. The van der Waals surface area contributed by atoms with E-state index in [2.05, 4.69) is 10.6 Å². The van der Waals surface area contributed by atoms with E-state index in [-0.39, 0.29) is 12.5 Å². The van der Waals surface area contributed by atoms with E-state index in [0.717, 1.165) is 6.42 Å². The summed E-state index contributed by atoms with van der Waals surface area (Å²) in [5.74, 6) is -0.792. The molecule has 21 heavy (non-hydrogen) atoms. The smallest absolute Gasteiger partial charge is 0.318 e. The maximum absolute atomic E-state index is 12.2. The van der Waals surface area contributed by atoms with E-state index in [0.29, 0.717) is 25.6 Å². The molecule has 7 heteroatoms. The van der Waals surface area contributed by atoms with Crippen LogP contribution in [0.2, 0.25) is 0 Å². The van der Waals surface area contributed by atoms with Crippen LogP contribution in [0.25, 0.3) is 0 Å². The first-order valence-corrected chi connectivity index (χ1v) is 7.62. The molecule has 1 heterocycles. The van der Waals surface area contributed by atoms with Crippen molar-refractivity contribution in [3.8, 4) is 0 Å². The molecule has 1 saturated heterocycles. The Hall–Kier alpha value is -1.79. The van der Waals surface area contributed by atoms with Gasteiger partial charge in [0.1, 0.15) is 6.04 Å². The molecule has 1 aliphatic carbocycles. The number of carboxylic acids is 1. The minimum absolute atomic E-state index is 0.339. The van der Waals surface area contributed by atoms with Crippen molar-refractivity contribution in [2.45, 2.75) is 44.6 Å². The van der Waals surface area contributed by atoms with Crippen molar-refractivity contribution in [2.24, 2.45) is 5.92 Å². The summed E-state index contributed by atoms with van der Waals surface area (Å²) in [5.41, 5.74) is 0. The summed E-state index contributed by atoms with van der Waals surface area (Å²) in [6, 6.07) is -1.25. The lowest BCUT2D eigenvalue weighted by atomic mass is 10.0. The molecule has 0 radical (unpaired) electrons. The van der Waals surface area contributed by atoms with Gasteiger partial charge in [-0.25, -0.2) is 4.79 Å². The maximum Gasteiger partial charge on any atom is 0.318 e. The van der Waals surface area contributed by atoms with E-state index in [1.807, 2.05) is 0 Å². The zero-order chi connectivity index (χ0) is 15.2. The third-order valence-electron chi connectivity index (χ3n) is 4.26. The van der Waals surface area contributed by atoms with Gasteiger partial charge in [-0.15, -0.1) is 0 Å². The fraction of sp³-hybridized carbons (Fsp3) is 0.786. The Balaban J connectivity index is 1.82. The van der Waals surface area contributed by atoms with Gasteiger partial charge in [0.05, 0.1) is 6.42 Å². The number of amides is 3. The van der Waals surface area contributed by atoms with Crippen LogP contribution in [0.15, 0.2) is 0 Å². The number of urea groups is 1. The van der Waals surface area contributed by atoms with E-state index in [4.69, 9.17) is 5.11 Å². The third-order valence-corrected chi connectivity index (χ3v) is 4.26. The number of hydrogen-bond donors (Lipinski definition) is 3. The van der Waals surface area contributed by atoms with Gasteiger partial charge in [0, 0.05) is 19.6 Å². The Morgan fingerprint density at radius 3 is 2.71 bits per heavy atom. The molecule has 3 amide bonds. The van der Waals surface area contributed by atoms with Crippen LogP contribution in [-0.2, 0) is 9.59 Å². The molecule has 2 aliphatic rings. The number of nitrogens with one attached hydrogen (secondary N) is 2. The van der Waals surface area contributed by atoms with Crippen molar-refractivity contribution in [1.82, 2.24) is 15.5 Å². The highest BCUT2D eigenvalue weighted by molar-refractivity contribution is 5.91. The first-order chi connectivity index (χ1) is 10.1. The fourth-order valence-corrected chi connectivity index (χ4v) is 3.11. The summed E-state index contributed by atoms with van der Waals surface area (Å²) in [6.45, 7) is 1.30. The predicted octanol–water partition coefficient (Wildman–Crippen LogP) is 0.551. The molecule has 1 atom stereocenters. The second-order valence-electron chi connectivity index (χ2n) is 5.77. The highest BCUT2D eigenvalue weighted by Gasteiger charge is 2.34. The number of carbonyl (C=O) groups is 3. The standard InChI is InChI=1S/C14H23N3O4/c18-12(19)9-11-13(20)15-7-8-17(11)14(21)16-6-5-10-3-1-2-4-10/h10-11H,1-9H2,(H,15,20)(H,16,21)(H,18,19). The lowest BCUT2D eigenvalue weighted by molar-refractivity contribution is -0.142. The first kappa shape index (κ1) is 15.6. The quantitative estimate of drug-likeness (QED) is 0.690. The van der Waals surface area contributed by atoms with Gasteiger partial charge in [-0.05, 0) is 12.3 Å². The number of nitrogens with zero attached hydrogens (tertiary/aromatic N) is 1. The van der Waals surface area contributed by atoms with Gasteiger partial charge in [-0.2, -0.15) is 0 Å². The summed E-state index contributed by atoms with van der Waals surface area (Å²) in [7, 11) is 0. The van der Waals surface area contributed by atoms with Gasteiger partial charge < -0.3 is 20.6 Å². The molecular weight excluding hydrogens is 274 g/mol. The summed E-state index contributed by atoms with van der Waals surface area (Å²) >= 11 is 0. The van der Waals surface area contributed by atoms with Gasteiger partial charge in [0.2, 0.25) is 5.91 Å². The van der Waals surface area contributed by atoms with Crippen molar-refractivity contribution in [3.05, 3.63) is 0 Å². The molecule has 0 aromatic rings. The highest BCUT2D eigenvalue weighted by atomic mass is 16.4. The SMILES string of the molecule is O=C(O)CC1C(=O)NCCN1C(=O)NCCC1CCCC1. The fourth-order valence-electron chi connectivity index (χ4n) is 3.11. The molecular formula is C14H23N3O4. The van der Waals surface area contributed by atoms with Crippen molar-refractivity contribution >= 4 is 17.9 Å². The molecule has 1 aliphatic heterocycles. The largest absolute Gasteiger partial charge is 0.481 e. The van der Waals surface area contributed by atoms with Crippen molar-refractivity contribution < 1.29 is 19.5 Å². The lowest BCUT2D eigenvalue weighted by Gasteiger charge is -2.34. The summed E-state index contributed by atoms with van der Waals surface area (Å²) in [6.07, 6.45) is 5.59. The van der Waals surface area contributed by atoms with Crippen LogP contribution in [0.4, 0.5) is 4.79 Å². The molecule has 7 nitrogen and oxygen atoms in total. The molecule has 2 fully saturated rings. The molecule has 3 N–H and O–H groups in total. The van der Waals surface area contributed by atoms with Crippen LogP contribution in [0.3, 0.4) is 0 Å². The van der Waals surface area contributed by atoms with Crippen LogP contribution in [0.1, 0.15) is 38.5 Å². The van der Waals surface area contributed by atoms with Crippen LogP contribution in [-0.4, -0.2) is 53.6 Å². The highest BCUT2D eigenvalue weighted by Crippen LogP contribution is 2.26. The number of piperazine rings is 1. The molecule has 0 bridgehead atoms. The van der Waals surface area contributed by atoms with Gasteiger partial charge >= 0.3 is 12.0 Å². The lowest BCUT2D eigenvalue weighted by Crippen LogP contribution is -2.60. The Kier molecular flexibility index (Phi) is 5.41. The average Bonchev–Trinajstić information content (AvgIpc) is 2.93. The summed E-state index contributed by atoms with van der Waals surface area (Å²) < 4.78 is 0. The van der Waals surface area contributed by atoms with Gasteiger partial charge in [-0.3, -0.25) is 9.59 Å². The Bertz CT molecular complexity index is 407. The van der Waals surface area contributed by atoms with Crippen molar-refractivity contribution in [3.63, 3.8) is 0 Å². The molecule has 118 valence electrons.